The van der Waals surface area contributed by atoms with E-state index in [2.05, 4.69) is 0 Å². The molecule has 5 nitrogen and oxygen atoms in total. The predicted molar refractivity (Wildman–Crippen MR) is 90.5 cm³/mol. The van der Waals surface area contributed by atoms with Crippen LogP contribution in [0.2, 0.25) is 0 Å². The Kier molecular flexibility index (Phi) is 5.69. The summed E-state index contributed by atoms with van der Waals surface area (Å²) in [5.41, 5.74) is 7.74. The Bertz CT molecular complexity index is 748. The number of rotatable bonds is 6. The van der Waals surface area contributed by atoms with Crippen molar-refractivity contribution in [3.8, 4) is 6.07 Å². The van der Waals surface area contributed by atoms with Crippen LogP contribution in [0, 0.1) is 17.2 Å². The summed E-state index contributed by atoms with van der Waals surface area (Å²) in [6, 6.07) is 18.4. The Morgan fingerprint density at radius 3 is 2.25 bits per heavy atom. The van der Waals surface area contributed by atoms with Gasteiger partial charge in [0.1, 0.15) is 5.92 Å². The van der Waals surface area contributed by atoms with Gasteiger partial charge in [-0.05, 0) is 29.7 Å². The number of benzene rings is 2. The second-order valence-corrected chi connectivity index (χ2v) is 5.65. The molecular weight excluding hydrogens is 302 g/mol. The topological polar surface area (TPSA) is 87.2 Å². The summed E-state index contributed by atoms with van der Waals surface area (Å²) < 4.78 is 0. The molecule has 2 aromatic rings. The number of nitrogens with two attached hydrogens (primary N) is 1. The summed E-state index contributed by atoms with van der Waals surface area (Å²) in [7, 11) is 1.66. The maximum absolute atomic E-state index is 12.6. The first-order valence-corrected chi connectivity index (χ1v) is 7.58. The molecule has 0 heterocycles. The van der Waals surface area contributed by atoms with Crippen molar-refractivity contribution in [1.82, 2.24) is 4.90 Å². The van der Waals surface area contributed by atoms with E-state index < -0.39 is 11.8 Å². The molecule has 24 heavy (non-hydrogen) atoms. The molecule has 0 radical (unpaired) electrons. The number of primary amides is 1. The van der Waals surface area contributed by atoms with Crippen LogP contribution in [0.3, 0.4) is 0 Å². The van der Waals surface area contributed by atoms with Crippen molar-refractivity contribution in [3.63, 3.8) is 0 Å². The van der Waals surface area contributed by atoms with Crippen molar-refractivity contribution < 1.29 is 9.59 Å². The van der Waals surface area contributed by atoms with Crippen LogP contribution in [0.1, 0.15) is 16.7 Å². The van der Waals surface area contributed by atoms with Gasteiger partial charge in [0.15, 0.2) is 0 Å². The van der Waals surface area contributed by atoms with Crippen LogP contribution in [-0.4, -0.2) is 23.8 Å². The van der Waals surface area contributed by atoms with Crippen molar-refractivity contribution in [2.24, 2.45) is 11.7 Å². The Labute approximate surface area is 141 Å². The number of amides is 2. The highest BCUT2D eigenvalue weighted by Crippen LogP contribution is 2.14. The molecule has 2 aromatic carbocycles. The SMILES string of the molecule is CN(Cc1ccccc1)C(=O)C(Cc1ccc(C#N)cc1)C(N)=O. The van der Waals surface area contributed by atoms with Gasteiger partial charge >= 0.3 is 0 Å². The molecule has 1 unspecified atom stereocenters. The molecule has 2 rings (SSSR count). The molecule has 0 saturated carbocycles. The first-order chi connectivity index (χ1) is 11.5. The van der Waals surface area contributed by atoms with Crippen LogP contribution in [0.15, 0.2) is 54.6 Å². The van der Waals surface area contributed by atoms with E-state index in [1.54, 1.807) is 31.3 Å². The third-order valence-corrected chi connectivity index (χ3v) is 3.80. The van der Waals surface area contributed by atoms with E-state index in [0.29, 0.717) is 12.1 Å². The zero-order chi connectivity index (χ0) is 17.5. The lowest BCUT2D eigenvalue weighted by atomic mass is 9.96. The third kappa shape index (κ3) is 4.43. The van der Waals surface area contributed by atoms with Crippen LogP contribution in [0.25, 0.3) is 0 Å². The first-order valence-electron chi connectivity index (χ1n) is 7.58. The fourth-order valence-corrected chi connectivity index (χ4v) is 2.46. The summed E-state index contributed by atoms with van der Waals surface area (Å²) in [6.45, 7) is 0.414. The quantitative estimate of drug-likeness (QED) is 0.824. The van der Waals surface area contributed by atoms with Gasteiger partial charge in [0.25, 0.3) is 0 Å². The number of carbonyl (C=O) groups is 2. The summed E-state index contributed by atoms with van der Waals surface area (Å²) >= 11 is 0. The monoisotopic (exact) mass is 321 g/mol. The van der Waals surface area contributed by atoms with Gasteiger partial charge in [-0.2, -0.15) is 5.26 Å². The number of nitrogens with zero attached hydrogens (tertiary/aromatic N) is 2. The molecule has 0 saturated heterocycles. The average Bonchev–Trinajstić information content (AvgIpc) is 2.60. The Hall–Kier alpha value is -3.13. The summed E-state index contributed by atoms with van der Waals surface area (Å²) in [6.07, 6.45) is 0.221. The van der Waals surface area contributed by atoms with Crippen LogP contribution in [0.4, 0.5) is 0 Å². The van der Waals surface area contributed by atoms with Crippen LogP contribution >= 0.6 is 0 Å². The van der Waals surface area contributed by atoms with E-state index in [4.69, 9.17) is 11.0 Å². The van der Waals surface area contributed by atoms with Crippen molar-refractivity contribution in [2.45, 2.75) is 13.0 Å². The minimum Gasteiger partial charge on any atom is -0.369 e. The van der Waals surface area contributed by atoms with Crippen LogP contribution < -0.4 is 5.73 Å². The highest BCUT2D eigenvalue weighted by atomic mass is 16.2. The standard InChI is InChI=1S/C19H19N3O2/c1-22(13-16-5-3-2-4-6-16)19(24)17(18(21)23)11-14-7-9-15(12-20)10-8-14/h2-10,17H,11,13H2,1H3,(H2,21,23). The average molecular weight is 321 g/mol. The van der Waals surface area contributed by atoms with Crippen molar-refractivity contribution >= 4 is 11.8 Å². The van der Waals surface area contributed by atoms with E-state index in [0.717, 1.165) is 11.1 Å². The minimum absolute atomic E-state index is 0.221. The van der Waals surface area contributed by atoms with Crippen LogP contribution in [0.5, 0.6) is 0 Å². The number of nitriles is 1. The maximum atomic E-state index is 12.6. The van der Waals surface area contributed by atoms with Gasteiger partial charge in [-0.1, -0.05) is 42.5 Å². The molecule has 2 N–H and O–H groups in total. The molecule has 1 atom stereocenters. The molecule has 122 valence electrons. The number of carbonyl (C=O) groups excluding carboxylic acids is 2. The maximum Gasteiger partial charge on any atom is 0.235 e. The van der Waals surface area contributed by atoms with E-state index in [1.165, 1.54) is 4.90 Å². The zero-order valence-electron chi connectivity index (χ0n) is 13.5. The molecular formula is C19H19N3O2. The summed E-state index contributed by atoms with van der Waals surface area (Å²) in [5, 5.41) is 8.81. The Balaban J connectivity index is 2.09. The summed E-state index contributed by atoms with van der Waals surface area (Å²) in [5.74, 6) is -1.88. The van der Waals surface area contributed by atoms with Crippen LogP contribution in [-0.2, 0) is 22.6 Å². The lowest BCUT2D eigenvalue weighted by Gasteiger charge is -2.22. The highest BCUT2D eigenvalue weighted by Gasteiger charge is 2.27. The fourth-order valence-electron chi connectivity index (χ4n) is 2.46. The second kappa shape index (κ2) is 7.93. The van der Waals surface area contributed by atoms with E-state index in [9.17, 15) is 9.59 Å². The molecule has 0 aromatic heterocycles. The van der Waals surface area contributed by atoms with Gasteiger partial charge in [0.2, 0.25) is 11.8 Å². The van der Waals surface area contributed by atoms with Gasteiger partial charge < -0.3 is 10.6 Å². The predicted octanol–water partition coefficient (Wildman–Crippen LogP) is 1.86. The van der Waals surface area contributed by atoms with Gasteiger partial charge in [0, 0.05) is 13.6 Å². The fraction of sp³-hybridized carbons (Fsp3) is 0.211. The van der Waals surface area contributed by atoms with E-state index in [1.807, 2.05) is 36.4 Å². The normalized spacial score (nSPS) is 11.3. The van der Waals surface area contributed by atoms with Crippen molar-refractivity contribution in [2.75, 3.05) is 7.05 Å². The van der Waals surface area contributed by atoms with Gasteiger partial charge in [-0.3, -0.25) is 9.59 Å². The van der Waals surface area contributed by atoms with E-state index in [-0.39, 0.29) is 12.3 Å². The molecule has 0 aliphatic carbocycles. The Morgan fingerprint density at radius 1 is 1.08 bits per heavy atom. The number of hydrogen-bond acceptors (Lipinski definition) is 3. The Morgan fingerprint density at radius 2 is 1.71 bits per heavy atom. The number of hydrogen-bond donors (Lipinski definition) is 1. The molecule has 0 bridgehead atoms. The smallest absolute Gasteiger partial charge is 0.235 e. The second-order valence-electron chi connectivity index (χ2n) is 5.65. The lowest BCUT2D eigenvalue weighted by molar-refractivity contribution is -0.140. The molecule has 5 heteroatoms. The lowest BCUT2D eigenvalue weighted by Crippen LogP contribution is -2.40. The molecule has 0 spiro atoms. The van der Waals surface area contributed by atoms with E-state index >= 15 is 0 Å². The van der Waals surface area contributed by atoms with Gasteiger partial charge in [-0.15, -0.1) is 0 Å². The van der Waals surface area contributed by atoms with Gasteiger partial charge in [0.05, 0.1) is 11.6 Å². The first kappa shape index (κ1) is 17.2. The molecule has 2 amide bonds. The zero-order valence-corrected chi connectivity index (χ0v) is 13.5. The van der Waals surface area contributed by atoms with Gasteiger partial charge in [-0.25, -0.2) is 0 Å². The molecule has 0 aliphatic rings. The third-order valence-electron chi connectivity index (χ3n) is 3.80. The minimum atomic E-state index is -0.924. The van der Waals surface area contributed by atoms with Crippen molar-refractivity contribution in [1.29, 1.82) is 5.26 Å². The highest BCUT2D eigenvalue weighted by molar-refractivity contribution is 5.99. The summed E-state index contributed by atoms with van der Waals surface area (Å²) in [4.78, 5) is 25.8. The molecule has 0 aliphatic heterocycles. The van der Waals surface area contributed by atoms with Crippen molar-refractivity contribution in [3.05, 3.63) is 71.3 Å². The molecule has 0 fully saturated rings. The largest absolute Gasteiger partial charge is 0.369 e.